The van der Waals surface area contributed by atoms with Crippen LogP contribution in [0.25, 0.3) is 0 Å². The number of aliphatic hydroxyl groups is 2. The summed E-state index contributed by atoms with van der Waals surface area (Å²) in [5, 5.41) is 16.7. The van der Waals surface area contributed by atoms with Gasteiger partial charge in [0.15, 0.2) is 0 Å². The van der Waals surface area contributed by atoms with E-state index >= 15 is 0 Å². The first-order valence-corrected chi connectivity index (χ1v) is 3.52. The molecule has 0 aromatic carbocycles. The van der Waals surface area contributed by atoms with Crippen molar-refractivity contribution in [2.45, 2.75) is 18.2 Å². The number of alkyl halides is 5. The summed E-state index contributed by atoms with van der Waals surface area (Å²) in [5.41, 5.74) is 0. The molecule has 0 bridgehead atoms. The Kier molecular flexibility index (Phi) is 4.69. The van der Waals surface area contributed by atoms with Gasteiger partial charge in [-0.3, -0.25) is 0 Å². The second-order valence-electron chi connectivity index (χ2n) is 2.55. The third-order valence-electron chi connectivity index (χ3n) is 1.22. The summed E-state index contributed by atoms with van der Waals surface area (Å²) < 4.78 is 62.6. The molecule has 0 aromatic heterocycles. The van der Waals surface area contributed by atoms with Crippen LogP contribution in [0.5, 0.6) is 0 Å². The molecule has 0 aliphatic heterocycles. The molecule has 0 spiro atoms. The first-order chi connectivity index (χ1) is 6.20. The lowest BCUT2D eigenvalue weighted by molar-refractivity contribution is -0.298. The molecule has 0 heterocycles. The van der Waals surface area contributed by atoms with Gasteiger partial charge in [0.1, 0.15) is 12.7 Å². The van der Waals surface area contributed by atoms with Crippen LogP contribution in [-0.4, -0.2) is 48.2 Å². The maximum Gasteiger partial charge on any atom is 0.455 e. The van der Waals surface area contributed by atoms with E-state index in [0.717, 1.165) is 0 Å². The molecular weight excluding hydrogens is 215 g/mol. The van der Waals surface area contributed by atoms with Gasteiger partial charge in [-0.15, -0.1) is 0 Å². The highest BCUT2D eigenvalue weighted by atomic mass is 19.4. The van der Waals surface area contributed by atoms with Gasteiger partial charge in [0.25, 0.3) is 0 Å². The van der Waals surface area contributed by atoms with Crippen molar-refractivity contribution in [3.63, 3.8) is 0 Å². The van der Waals surface area contributed by atoms with Crippen LogP contribution in [0.3, 0.4) is 0 Å². The van der Waals surface area contributed by atoms with Gasteiger partial charge in [-0.25, -0.2) is 0 Å². The van der Waals surface area contributed by atoms with Crippen molar-refractivity contribution in [3.05, 3.63) is 0 Å². The lowest BCUT2D eigenvalue weighted by atomic mass is 10.3. The van der Waals surface area contributed by atoms with Crippen molar-refractivity contribution < 1.29 is 36.9 Å². The van der Waals surface area contributed by atoms with E-state index in [-0.39, 0.29) is 0 Å². The van der Waals surface area contributed by atoms with Crippen molar-refractivity contribution >= 4 is 0 Å². The molecule has 3 nitrogen and oxygen atoms in total. The van der Waals surface area contributed by atoms with E-state index in [0.29, 0.717) is 0 Å². The van der Waals surface area contributed by atoms with Crippen molar-refractivity contribution in [3.8, 4) is 0 Å². The first-order valence-electron chi connectivity index (χ1n) is 3.52. The molecule has 0 fully saturated rings. The van der Waals surface area contributed by atoms with E-state index in [4.69, 9.17) is 10.2 Å². The molecule has 0 rings (SSSR count). The fourth-order valence-electron chi connectivity index (χ4n) is 0.458. The lowest BCUT2D eigenvalue weighted by Gasteiger charge is -2.19. The van der Waals surface area contributed by atoms with Gasteiger partial charge in [0, 0.05) is 0 Å². The topological polar surface area (TPSA) is 49.7 Å². The number of hydrogen-bond acceptors (Lipinski definition) is 3. The minimum Gasteiger partial charge on any atom is -0.394 e. The Morgan fingerprint density at radius 2 is 1.64 bits per heavy atom. The van der Waals surface area contributed by atoms with Crippen LogP contribution >= 0.6 is 0 Å². The standard InChI is InChI=1S/C6H9F5O3/c7-5(8,6(9,10)11)3-14-2-4(13)1-12/h4,12-13H,1-3H2/t4-/m0/s1. The summed E-state index contributed by atoms with van der Waals surface area (Å²) in [6, 6.07) is 0. The summed E-state index contributed by atoms with van der Waals surface area (Å²) >= 11 is 0. The molecular formula is C6H9F5O3. The second-order valence-corrected chi connectivity index (χ2v) is 2.55. The summed E-state index contributed by atoms with van der Waals surface area (Å²) in [5.74, 6) is -4.94. The van der Waals surface area contributed by atoms with Crippen LogP contribution in [0.15, 0.2) is 0 Å². The monoisotopic (exact) mass is 224 g/mol. The zero-order chi connectivity index (χ0) is 11.4. The highest BCUT2D eigenvalue weighted by molar-refractivity contribution is 4.75. The summed E-state index contributed by atoms with van der Waals surface area (Å²) in [6.45, 7) is -3.41. The van der Waals surface area contributed by atoms with Gasteiger partial charge < -0.3 is 14.9 Å². The Labute approximate surface area is 76.1 Å². The van der Waals surface area contributed by atoms with Gasteiger partial charge >= 0.3 is 12.1 Å². The highest BCUT2D eigenvalue weighted by Crippen LogP contribution is 2.35. The van der Waals surface area contributed by atoms with E-state index in [2.05, 4.69) is 4.74 Å². The molecule has 0 aliphatic rings. The number of aliphatic hydroxyl groups excluding tert-OH is 2. The molecule has 14 heavy (non-hydrogen) atoms. The maximum atomic E-state index is 12.1. The van der Waals surface area contributed by atoms with Crippen LogP contribution in [0.1, 0.15) is 0 Å². The number of halogens is 5. The molecule has 0 radical (unpaired) electrons. The molecule has 86 valence electrons. The second kappa shape index (κ2) is 4.85. The molecule has 2 N–H and O–H groups in total. The molecule has 1 atom stereocenters. The first kappa shape index (κ1) is 13.5. The van der Waals surface area contributed by atoms with E-state index < -0.39 is 38.0 Å². The van der Waals surface area contributed by atoms with Crippen LogP contribution in [-0.2, 0) is 4.74 Å². The van der Waals surface area contributed by atoms with Gasteiger partial charge in [0.05, 0.1) is 13.2 Å². The largest absolute Gasteiger partial charge is 0.455 e. The average Bonchev–Trinajstić information content (AvgIpc) is 2.01. The Morgan fingerprint density at radius 3 is 2.00 bits per heavy atom. The molecule has 0 saturated heterocycles. The van der Waals surface area contributed by atoms with Crippen molar-refractivity contribution in [1.82, 2.24) is 0 Å². The third kappa shape index (κ3) is 4.16. The van der Waals surface area contributed by atoms with Gasteiger partial charge in [-0.1, -0.05) is 0 Å². The zero-order valence-corrected chi connectivity index (χ0v) is 6.89. The normalized spacial score (nSPS) is 15.6. The van der Waals surface area contributed by atoms with Crippen LogP contribution in [0.2, 0.25) is 0 Å². The Hall–Kier alpha value is -0.470. The fraction of sp³-hybridized carbons (Fsp3) is 1.00. The number of rotatable bonds is 5. The van der Waals surface area contributed by atoms with E-state index in [9.17, 15) is 22.0 Å². The summed E-state index contributed by atoms with van der Waals surface area (Å²) in [4.78, 5) is 0. The number of hydrogen-bond donors (Lipinski definition) is 2. The maximum absolute atomic E-state index is 12.1. The van der Waals surface area contributed by atoms with Crippen molar-refractivity contribution in [2.75, 3.05) is 19.8 Å². The highest BCUT2D eigenvalue weighted by Gasteiger charge is 2.57. The smallest absolute Gasteiger partial charge is 0.394 e. The SMILES string of the molecule is OC[C@H](O)COCC(F)(F)C(F)(F)F. The Balaban J connectivity index is 3.89. The predicted molar refractivity (Wildman–Crippen MR) is 34.9 cm³/mol. The van der Waals surface area contributed by atoms with E-state index in [1.807, 2.05) is 0 Å². The van der Waals surface area contributed by atoms with Gasteiger partial charge in [0.2, 0.25) is 0 Å². The third-order valence-corrected chi connectivity index (χ3v) is 1.22. The quantitative estimate of drug-likeness (QED) is 0.670. The molecule has 0 aromatic rings. The molecule has 0 unspecified atom stereocenters. The van der Waals surface area contributed by atoms with E-state index in [1.54, 1.807) is 0 Å². The van der Waals surface area contributed by atoms with Crippen LogP contribution in [0.4, 0.5) is 22.0 Å². The average molecular weight is 224 g/mol. The molecule has 0 saturated carbocycles. The van der Waals surface area contributed by atoms with Gasteiger partial charge in [-0.2, -0.15) is 22.0 Å². The fourth-order valence-corrected chi connectivity index (χ4v) is 0.458. The van der Waals surface area contributed by atoms with Gasteiger partial charge in [-0.05, 0) is 0 Å². The molecule has 8 heteroatoms. The minimum absolute atomic E-state index is 0.766. The number of ether oxygens (including phenoxy) is 1. The minimum atomic E-state index is -5.67. The predicted octanol–water partition coefficient (Wildman–Crippen LogP) is 0.554. The molecule has 0 aliphatic carbocycles. The summed E-state index contributed by atoms with van der Waals surface area (Å²) in [7, 11) is 0. The van der Waals surface area contributed by atoms with Crippen molar-refractivity contribution in [2.24, 2.45) is 0 Å². The Morgan fingerprint density at radius 1 is 1.14 bits per heavy atom. The lowest BCUT2D eigenvalue weighted by Crippen LogP contribution is -2.41. The summed E-state index contributed by atoms with van der Waals surface area (Å²) in [6.07, 6.45) is -7.13. The van der Waals surface area contributed by atoms with Crippen LogP contribution in [0, 0.1) is 0 Å². The Bertz CT molecular complexity index is 169. The zero-order valence-electron chi connectivity index (χ0n) is 6.89. The molecule has 0 amide bonds. The van der Waals surface area contributed by atoms with Crippen LogP contribution < -0.4 is 0 Å². The van der Waals surface area contributed by atoms with E-state index in [1.165, 1.54) is 0 Å². The van der Waals surface area contributed by atoms with Crippen molar-refractivity contribution in [1.29, 1.82) is 0 Å².